The highest BCUT2D eigenvalue weighted by Gasteiger charge is 2.16. The predicted octanol–water partition coefficient (Wildman–Crippen LogP) is 2.89. The molecule has 1 N–H and O–H groups in total. The average molecular weight is 191 g/mol. The lowest BCUT2D eigenvalue weighted by atomic mass is 10.0. The zero-order valence-corrected chi connectivity index (χ0v) is 8.09. The van der Waals surface area contributed by atoms with Crippen molar-refractivity contribution in [3.05, 3.63) is 41.7 Å². The SMILES string of the molecule is C=Cc1cc(C2CCCN2)ccc1F. The Morgan fingerprint density at radius 3 is 3.00 bits per heavy atom. The molecule has 0 spiro atoms. The van der Waals surface area contributed by atoms with Crippen molar-refractivity contribution in [3.8, 4) is 0 Å². The molecule has 0 amide bonds. The molecule has 1 atom stereocenters. The first-order chi connectivity index (χ1) is 6.81. The highest BCUT2D eigenvalue weighted by molar-refractivity contribution is 5.49. The third-order valence-corrected chi connectivity index (χ3v) is 2.70. The van der Waals surface area contributed by atoms with Crippen molar-refractivity contribution < 1.29 is 4.39 Å². The lowest BCUT2D eigenvalue weighted by molar-refractivity contribution is 0.615. The molecule has 14 heavy (non-hydrogen) atoms. The van der Waals surface area contributed by atoms with E-state index >= 15 is 0 Å². The van der Waals surface area contributed by atoms with E-state index in [0.29, 0.717) is 11.6 Å². The lowest BCUT2D eigenvalue weighted by Crippen LogP contribution is -2.12. The second kappa shape index (κ2) is 3.93. The first-order valence-corrected chi connectivity index (χ1v) is 4.96. The zero-order chi connectivity index (χ0) is 9.97. The van der Waals surface area contributed by atoms with E-state index in [4.69, 9.17) is 0 Å². The molecule has 1 unspecified atom stereocenters. The number of hydrogen-bond donors (Lipinski definition) is 1. The summed E-state index contributed by atoms with van der Waals surface area (Å²) in [5.74, 6) is -0.193. The van der Waals surface area contributed by atoms with Crippen LogP contribution in [-0.2, 0) is 0 Å². The fraction of sp³-hybridized carbons (Fsp3) is 0.333. The molecule has 0 aliphatic carbocycles. The Morgan fingerprint density at radius 2 is 2.36 bits per heavy atom. The van der Waals surface area contributed by atoms with Crippen LogP contribution in [0.2, 0.25) is 0 Å². The summed E-state index contributed by atoms with van der Waals surface area (Å²) in [5.41, 5.74) is 1.76. The van der Waals surface area contributed by atoms with Crippen molar-refractivity contribution in [1.29, 1.82) is 0 Å². The van der Waals surface area contributed by atoms with E-state index in [1.807, 2.05) is 12.1 Å². The number of benzene rings is 1. The topological polar surface area (TPSA) is 12.0 Å². The van der Waals surface area contributed by atoms with Crippen LogP contribution in [0.15, 0.2) is 24.8 Å². The molecule has 74 valence electrons. The van der Waals surface area contributed by atoms with E-state index in [0.717, 1.165) is 13.0 Å². The van der Waals surface area contributed by atoms with Gasteiger partial charge in [0, 0.05) is 11.6 Å². The molecule has 2 heteroatoms. The first-order valence-electron chi connectivity index (χ1n) is 4.96. The van der Waals surface area contributed by atoms with E-state index < -0.39 is 0 Å². The zero-order valence-electron chi connectivity index (χ0n) is 8.09. The highest BCUT2D eigenvalue weighted by atomic mass is 19.1. The smallest absolute Gasteiger partial charge is 0.130 e. The van der Waals surface area contributed by atoms with Crippen molar-refractivity contribution in [2.24, 2.45) is 0 Å². The van der Waals surface area contributed by atoms with Crippen molar-refractivity contribution in [2.45, 2.75) is 18.9 Å². The molecule has 1 nitrogen and oxygen atoms in total. The molecule has 1 aromatic rings. The third-order valence-electron chi connectivity index (χ3n) is 2.70. The Bertz CT molecular complexity index is 340. The van der Waals surface area contributed by atoms with Crippen LogP contribution in [0.1, 0.15) is 30.0 Å². The molecular formula is C12H14FN. The van der Waals surface area contributed by atoms with Gasteiger partial charge in [-0.15, -0.1) is 0 Å². The summed E-state index contributed by atoms with van der Waals surface area (Å²) >= 11 is 0. The fourth-order valence-electron chi connectivity index (χ4n) is 1.90. The Balaban J connectivity index is 2.30. The standard InChI is InChI=1S/C12H14FN/c1-2-9-8-10(5-6-11(9)13)12-4-3-7-14-12/h2,5-6,8,12,14H,1,3-4,7H2. The lowest BCUT2D eigenvalue weighted by Gasteiger charge is -2.11. The van der Waals surface area contributed by atoms with Crippen LogP contribution in [0.3, 0.4) is 0 Å². The second-order valence-corrected chi connectivity index (χ2v) is 3.63. The van der Waals surface area contributed by atoms with E-state index in [2.05, 4.69) is 11.9 Å². The Labute approximate surface area is 83.6 Å². The van der Waals surface area contributed by atoms with Crippen LogP contribution in [-0.4, -0.2) is 6.54 Å². The second-order valence-electron chi connectivity index (χ2n) is 3.63. The average Bonchev–Trinajstić information content (AvgIpc) is 2.71. The normalized spacial score (nSPS) is 21.1. The summed E-state index contributed by atoms with van der Waals surface area (Å²) in [6.45, 7) is 4.66. The minimum atomic E-state index is -0.193. The van der Waals surface area contributed by atoms with Gasteiger partial charge in [0.05, 0.1) is 0 Å². The van der Waals surface area contributed by atoms with Crippen LogP contribution in [0, 0.1) is 5.82 Å². The summed E-state index contributed by atoms with van der Waals surface area (Å²) in [6.07, 6.45) is 3.90. The highest BCUT2D eigenvalue weighted by Crippen LogP contribution is 2.24. The number of hydrogen-bond acceptors (Lipinski definition) is 1. The molecule has 0 aromatic heterocycles. The Morgan fingerprint density at radius 1 is 1.50 bits per heavy atom. The van der Waals surface area contributed by atoms with E-state index in [9.17, 15) is 4.39 Å². The molecule has 0 saturated carbocycles. The van der Waals surface area contributed by atoms with Gasteiger partial charge >= 0.3 is 0 Å². The van der Waals surface area contributed by atoms with Crippen molar-refractivity contribution in [3.63, 3.8) is 0 Å². The van der Waals surface area contributed by atoms with Gasteiger partial charge in [0.25, 0.3) is 0 Å². The molecular weight excluding hydrogens is 177 g/mol. The quantitative estimate of drug-likeness (QED) is 0.758. The molecule has 1 aliphatic heterocycles. The number of rotatable bonds is 2. The molecule has 1 aliphatic rings. The number of nitrogens with one attached hydrogen (secondary N) is 1. The maximum Gasteiger partial charge on any atom is 0.130 e. The molecule has 1 heterocycles. The Hall–Kier alpha value is -1.15. The third kappa shape index (κ3) is 1.70. The fourth-order valence-corrected chi connectivity index (χ4v) is 1.90. The molecule has 0 bridgehead atoms. The largest absolute Gasteiger partial charge is 0.310 e. The van der Waals surface area contributed by atoms with Gasteiger partial charge in [0.1, 0.15) is 5.82 Å². The van der Waals surface area contributed by atoms with Gasteiger partial charge in [-0.1, -0.05) is 18.7 Å². The maximum atomic E-state index is 13.2. The van der Waals surface area contributed by atoms with Crippen LogP contribution >= 0.6 is 0 Å². The van der Waals surface area contributed by atoms with Crippen molar-refractivity contribution in [2.75, 3.05) is 6.54 Å². The summed E-state index contributed by atoms with van der Waals surface area (Å²) < 4.78 is 13.2. The van der Waals surface area contributed by atoms with Gasteiger partial charge in [-0.2, -0.15) is 0 Å². The van der Waals surface area contributed by atoms with Gasteiger partial charge in [-0.3, -0.25) is 0 Å². The molecule has 1 aromatic carbocycles. The predicted molar refractivity (Wildman–Crippen MR) is 56.5 cm³/mol. The molecule has 1 fully saturated rings. The van der Waals surface area contributed by atoms with Crippen LogP contribution in [0.4, 0.5) is 4.39 Å². The van der Waals surface area contributed by atoms with Crippen molar-refractivity contribution in [1.82, 2.24) is 5.32 Å². The number of halogens is 1. The maximum absolute atomic E-state index is 13.2. The summed E-state index contributed by atoms with van der Waals surface area (Å²) in [5, 5.41) is 3.39. The van der Waals surface area contributed by atoms with Gasteiger partial charge in [0.2, 0.25) is 0 Å². The van der Waals surface area contributed by atoms with E-state index in [1.54, 1.807) is 6.08 Å². The van der Waals surface area contributed by atoms with Gasteiger partial charge in [0.15, 0.2) is 0 Å². The minimum absolute atomic E-state index is 0.193. The Kier molecular flexibility index (Phi) is 2.64. The van der Waals surface area contributed by atoms with Gasteiger partial charge < -0.3 is 5.32 Å². The van der Waals surface area contributed by atoms with Crippen LogP contribution in [0.5, 0.6) is 0 Å². The summed E-state index contributed by atoms with van der Waals surface area (Å²) in [4.78, 5) is 0. The van der Waals surface area contributed by atoms with E-state index in [1.165, 1.54) is 18.1 Å². The van der Waals surface area contributed by atoms with Crippen LogP contribution in [0.25, 0.3) is 6.08 Å². The minimum Gasteiger partial charge on any atom is -0.310 e. The van der Waals surface area contributed by atoms with Gasteiger partial charge in [-0.05, 0) is 37.1 Å². The van der Waals surface area contributed by atoms with Gasteiger partial charge in [-0.25, -0.2) is 4.39 Å². The molecule has 0 radical (unpaired) electrons. The van der Waals surface area contributed by atoms with Crippen molar-refractivity contribution >= 4 is 6.08 Å². The van der Waals surface area contributed by atoms with Crippen LogP contribution < -0.4 is 5.32 Å². The summed E-state index contributed by atoms with van der Waals surface area (Å²) in [6, 6.07) is 5.65. The molecule has 1 saturated heterocycles. The molecule has 2 rings (SSSR count). The summed E-state index contributed by atoms with van der Waals surface area (Å²) in [7, 11) is 0. The first kappa shape index (κ1) is 9.41. The van der Waals surface area contributed by atoms with E-state index in [-0.39, 0.29) is 5.82 Å². The monoisotopic (exact) mass is 191 g/mol.